The summed E-state index contributed by atoms with van der Waals surface area (Å²) in [5, 5.41) is 7.25. The van der Waals surface area contributed by atoms with E-state index in [2.05, 4.69) is 155 Å². The van der Waals surface area contributed by atoms with Crippen LogP contribution in [0.2, 0.25) is 0 Å². The van der Waals surface area contributed by atoms with Crippen LogP contribution in [-0.4, -0.2) is 9.13 Å². The van der Waals surface area contributed by atoms with Gasteiger partial charge in [0, 0.05) is 43.7 Å². The van der Waals surface area contributed by atoms with Gasteiger partial charge in [0.05, 0.1) is 22.1 Å². The number of nitrogens with zero attached hydrogens (tertiary/aromatic N) is 2. The van der Waals surface area contributed by atoms with Crippen LogP contribution in [0, 0.1) is 0 Å². The molecule has 3 heterocycles. The molecule has 0 fully saturated rings. The van der Waals surface area contributed by atoms with E-state index in [1.807, 2.05) is 12.1 Å². The lowest BCUT2D eigenvalue weighted by Gasteiger charge is -2.11. The highest BCUT2D eigenvalue weighted by Gasteiger charge is 2.21. The fourth-order valence-corrected chi connectivity index (χ4v) is 7.34. The van der Waals surface area contributed by atoms with Crippen molar-refractivity contribution in [3.8, 4) is 22.5 Å². The van der Waals surface area contributed by atoms with E-state index in [0.717, 1.165) is 33.3 Å². The molecule has 3 aromatic heterocycles. The normalized spacial score (nSPS) is 12.0. The fraction of sp³-hybridized carbons (Fsp3) is 0. The highest BCUT2D eigenvalue weighted by molar-refractivity contribution is 6.26. The van der Waals surface area contributed by atoms with Crippen molar-refractivity contribution in [2.24, 2.45) is 0 Å². The van der Waals surface area contributed by atoms with Crippen LogP contribution in [0.25, 0.3) is 88.1 Å². The topological polar surface area (TPSA) is 23.0 Å². The molecule has 3 nitrogen and oxygen atoms in total. The molecule has 0 N–H and O–H groups in total. The van der Waals surface area contributed by atoms with Gasteiger partial charge < -0.3 is 13.6 Å². The lowest BCUT2D eigenvalue weighted by Crippen LogP contribution is -1.95. The standard InChI is InChI=1S/C42H26N2O/c1-2-10-27(11-3-1)28-18-20-29(21-19-28)43-37-16-8-5-14-34(37)41-38(43)24-23-33-31-12-4-7-15-36(31)44(42(33)41)30-22-25-40-35(26-30)32-13-6-9-17-39(32)45-40/h1-26H. The Kier molecular flexibility index (Phi) is 5.00. The van der Waals surface area contributed by atoms with Crippen molar-refractivity contribution >= 4 is 65.6 Å². The van der Waals surface area contributed by atoms with E-state index in [1.165, 1.54) is 54.7 Å². The van der Waals surface area contributed by atoms with Gasteiger partial charge >= 0.3 is 0 Å². The minimum absolute atomic E-state index is 0.904. The van der Waals surface area contributed by atoms with Crippen LogP contribution in [0.15, 0.2) is 162 Å². The third-order valence-corrected chi connectivity index (χ3v) is 9.32. The molecule has 7 aromatic carbocycles. The Balaban J connectivity index is 1.30. The first-order valence-corrected chi connectivity index (χ1v) is 15.4. The average Bonchev–Trinajstić information content (AvgIpc) is 3.76. The van der Waals surface area contributed by atoms with Crippen LogP contribution >= 0.6 is 0 Å². The number of aromatic nitrogens is 2. The molecule has 0 aliphatic rings. The van der Waals surface area contributed by atoms with Gasteiger partial charge in [-0.25, -0.2) is 0 Å². The predicted molar refractivity (Wildman–Crippen MR) is 188 cm³/mol. The first-order valence-electron chi connectivity index (χ1n) is 15.4. The zero-order valence-corrected chi connectivity index (χ0v) is 24.3. The second-order valence-electron chi connectivity index (χ2n) is 11.8. The Morgan fingerprint density at radius 3 is 1.80 bits per heavy atom. The number of furan rings is 1. The van der Waals surface area contributed by atoms with E-state index in [-0.39, 0.29) is 0 Å². The van der Waals surface area contributed by atoms with Gasteiger partial charge in [0.15, 0.2) is 0 Å². The highest BCUT2D eigenvalue weighted by Crippen LogP contribution is 2.42. The summed E-state index contributed by atoms with van der Waals surface area (Å²) in [6.45, 7) is 0. The maximum Gasteiger partial charge on any atom is 0.135 e. The molecule has 0 atom stereocenters. The van der Waals surface area contributed by atoms with E-state index in [0.29, 0.717) is 0 Å². The second kappa shape index (κ2) is 9.22. The Morgan fingerprint density at radius 1 is 0.356 bits per heavy atom. The van der Waals surface area contributed by atoms with Crippen molar-refractivity contribution in [1.29, 1.82) is 0 Å². The smallest absolute Gasteiger partial charge is 0.135 e. The monoisotopic (exact) mass is 574 g/mol. The van der Waals surface area contributed by atoms with E-state index in [9.17, 15) is 0 Å². The number of hydrogen-bond acceptors (Lipinski definition) is 1. The predicted octanol–water partition coefficient (Wildman–Crippen LogP) is 11.4. The van der Waals surface area contributed by atoms with Crippen LogP contribution in [0.3, 0.4) is 0 Å². The fourth-order valence-electron chi connectivity index (χ4n) is 7.34. The minimum atomic E-state index is 0.904. The lowest BCUT2D eigenvalue weighted by atomic mass is 10.1. The number of rotatable bonds is 3. The Bertz CT molecular complexity index is 2740. The van der Waals surface area contributed by atoms with Gasteiger partial charge in [-0.15, -0.1) is 0 Å². The van der Waals surface area contributed by atoms with Crippen molar-refractivity contribution in [1.82, 2.24) is 9.13 Å². The molecule has 10 rings (SSSR count). The molecule has 10 aromatic rings. The number of hydrogen-bond donors (Lipinski definition) is 0. The molecule has 0 saturated carbocycles. The first kappa shape index (κ1) is 24.4. The molecule has 210 valence electrons. The molecule has 0 unspecified atom stereocenters. The molecule has 0 bridgehead atoms. The van der Waals surface area contributed by atoms with Crippen LogP contribution < -0.4 is 0 Å². The van der Waals surface area contributed by atoms with Crippen LogP contribution in [0.4, 0.5) is 0 Å². The van der Waals surface area contributed by atoms with E-state index in [4.69, 9.17) is 4.42 Å². The van der Waals surface area contributed by atoms with Gasteiger partial charge in [0.2, 0.25) is 0 Å². The lowest BCUT2D eigenvalue weighted by molar-refractivity contribution is 0.669. The number of fused-ring (bicyclic) bond motifs is 10. The molecule has 3 heteroatoms. The average molecular weight is 575 g/mol. The van der Waals surface area contributed by atoms with Gasteiger partial charge in [-0.1, -0.05) is 103 Å². The molecule has 0 aliphatic heterocycles. The summed E-state index contributed by atoms with van der Waals surface area (Å²) in [4.78, 5) is 0. The third kappa shape index (κ3) is 3.46. The summed E-state index contributed by atoms with van der Waals surface area (Å²) < 4.78 is 11.1. The van der Waals surface area contributed by atoms with Crippen molar-refractivity contribution < 1.29 is 4.42 Å². The van der Waals surface area contributed by atoms with Crippen molar-refractivity contribution in [3.05, 3.63) is 158 Å². The summed E-state index contributed by atoms with van der Waals surface area (Å²) in [7, 11) is 0. The van der Waals surface area contributed by atoms with Crippen molar-refractivity contribution in [3.63, 3.8) is 0 Å². The molecule has 45 heavy (non-hydrogen) atoms. The maximum absolute atomic E-state index is 6.20. The quantitative estimate of drug-likeness (QED) is 0.206. The summed E-state index contributed by atoms with van der Waals surface area (Å²) in [5.74, 6) is 0. The van der Waals surface area contributed by atoms with Gasteiger partial charge in [0.1, 0.15) is 11.2 Å². The van der Waals surface area contributed by atoms with Gasteiger partial charge in [-0.05, 0) is 65.7 Å². The van der Waals surface area contributed by atoms with Gasteiger partial charge in [-0.2, -0.15) is 0 Å². The molecular weight excluding hydrogens is 548 g/mol. The highest BCUT2D eigenvalue weighted by atomic mass is 16.3. The molecular formula is C42H26N2O. The van der Waals surface area contributed by atoms with Crippen LogP contribution in [0.1, 0.15) is 0 Å². The SMILES string of the molecule is c1ccc(-c2ccc(-n3c4ccccc4c4c3ccc3c5ccccc5n(-c5ccc6oc7ccccc7c6c5)c34)cc2)cc1. The van der Waals surface area contributed by atoms with E-state index >= 15 is 0 Å². The third-order valence-electron chi connectivity index (χ3n) is 9.32. The van der Waals surface area contributed by atoms with Crippen LogP contribution in [-0.2, 0) is 0 Å². The van der Waals surface area contributed by atoms with Gasteiger partial charge in [-0.3, -0.25) is 0 Å². The second-order valence-corrected chi connectivity index (χ2v) is 11.8. The molecule has 0 aliphatic carbocycles. The summed E-state index contributed by atoms with van der Waals surface area (Å²) in [6.07, 6.45) is 0. The largest absolute Gasteiger partial charge is 0.456 e. The Morgan fingerprint density at radius 2 is 0.978 bits per heavy atom. The van der Waals surface area contributed by atoms with Crippen molar-refractivity contribution in [2.45, 2.75) is 0 Å². The maximum atomic E-state index is 6.20. The van der Waals surface area contributed by atoms with E-state index in [1.54, 1.807) is 0 Å². The number of para-hydroxylation sites is 3. The zero-order chi connectivity index (χ0) is 29.5. The summed E-state index contributed by atoms with van der Waals surface area (Å²) >= 11 is 0. The summed E-state index contributed by atoms with van der Waals surface area (Å²) in [5.41, 5.74) is 11.3. The van der Waals surface area contributed by atoms with E-state index < -0.39 is 0 Å². The van der Waals surface area contributed by atoms with Gasteiger partial charge in [0.25, 0.3) is 0 Å². The zero-order valence-electron chi connectivity index (χ0n) is 24.3. The van der Waals surface area contributed by atoms with Crippen LogP contribution in [0.5, 0.6) is 0 Å². The molecule has 0 amide bonds. The first-order chi connectivity index (χ1) is 22.3. The summed E-state index contributed by atoms with van der Waals surface area (Å²) in [6, 6.07) is 56.5. The van der Waals surface area contributed by atoms with Crippen molar-refractivity contribution in [2.75, 3.05) is 0 Å². The Labute approximate surface area is 258 Å². The molecule has 0 spiro atoms. The minimum Gasteiger partial charge on any atom is -0.456 e. The molecule has 0 saturated heterocycles. The Hall–Kier alpha value is -6.06. The molecule has 0 radical (unpaired) electrons. The number of benzene rings is 7.